The highest BCUT2D eigenvalue weighted by molar-refractivity contribution is 6.31. The first-order valence-electron chi connectivity index (χ1n) is 3.94. The lowest BCUT2D eigenvalue weighted by atomic mass is 10.1. The quantitative estimate of drug-likeness (QED) is 0.610. The second-order valence-corrected chi connectivity index (χ2v) is 3.13. The summed E-state index contributed by atoms with van der Waals surface area (Å²) in [5.41, 5.74) is -0.0278. The zero-order valence-electron chi connectivity index (χ0n) is 7.48. The average molecular weight is 227 g/mol. The fourth-order valence-electron chi connectivity index (χ4n) is 0.942. The van der Waals surface area contributed by atoms with E-state index >= 15 is 0 Å². The van der Waals surface area contributed by atoms with E-state index in [-0.39, 0.29) is 11.3 Å². The Labute approximate surface area is 90.4 Å². The highest BCUT2D eigenvalue weighted by Crippen LogP contribution is 2.22. The van der Waals surface area contributed by atoms with Gasteiger partial charge in [-0.3, -0.25) is 4.79 Å². The first-order chi connectivity index (χ1) is 7.00. The number of hydrogen-bond acceptors (Lipinski definition) is 3. The normalized spacial score (nSPS) is 10.5. The van der Waals surface area contributed by atoms with Gasteiger partial charge < -0.3 is 10.2 Å². The molecule has 5 heteroatoms. The zero-order valence-corrected chi connectivity index (χ0v) is 8.23. The lowest BCUT2D eigenvalue weighted by Crippen LogP contribution is -1.97. The van der Waals surface area contributed by atoms with E-state index < -0.39 is 11.8 Å². The Kier molecular flexibility index (Phi) is 3.46. The SMILES string of the molecule is O=C(O)C=CC(=O)c1cc(Cl)ccc1O. The summed E-state index contributed by atoms with van der Waals surface area (Å²) < 4.78 is 0. The Hall–Kier alpha value is -1.81. The van der Waals surface area contributed by atoms with Crippen molar-refractivity contribution < 1.29 is 19.8 Å². The maximum Gasteiger partial charge on any atom is 0.328 e. The third-order valence-corrected chi connectivity index (χ3v) is 1.84. The highest BCUT2D eigenvalue weighted by atomic mass is 35.5. The summed E-state index contributed by atoms with van der Waals surface area (Å²) >= 11 is 5.62. The number of carboxylic acids is 1. The largest absolute Gasteiger partial charge is 0.507 e. The van der Waals surface area contributed by atoms with Gasteiger partial charge in [0.25, 0.3) is 0 Å². The summed E-state index contributed by atoms with van der Waals surface area (Å²) in [6, 6.07) is 3.96. The van der Waals surface area contributed by atoms with E-state index in [9.17, 15) is 14.7 Å². The number of aromatic hydroxyl groups is 1. The van der Waals surface area contributed by atoms with Crippen molar-refractivity contribution in [3.8, 4) is 5.75 Å². The van der Waals surface area contributed by atoms with Gasteiger partial charge in [-0.25, -0.2) is 4.79 Å². The minimum absolute atomic E-state index is 0.0278. The van der Waals surface area contributed by atoms with Crippen LogP contribution in [-0.2, 0) is 4.79 Å². The summed E-state index contributed by atoms with van der Waals surface area (Å²) in [6.45, 7) is 0. The van der Waals surface area contributed by atoms with Crippen LogP contribution in [0.5, 0.6) is 5.75 Å². The van der Waals surface area contributed by atoms with Gasteiger partial charge in [-0.2, -0.15) is 0 Å². The van der Waals surface area contributed by atoms with Crippen LogP contribution in [0.2, 0.25) is 5.02 Å². The molecular weight excluding hydrogens is 220 g/mol. The molecule has 0 spiro atoms. The molecule has 0 heterocycles. The molecule has 1 rings (SSSR count). The lowest BCUT2D eigenvalue weighted by Gasteiger charge is -2.00. The molecule has 0 aliphatic carbocycles. The molecule has 1 aromatic carbocycles. The number of allylic oxidation sites excluding steroid dienone is 1. The van der Waals surface area contributed by atoms with Gasteiger partial charge in [0.15, 0.2) is 5.78 Å². The molecule has 0 aliphatic rings. The average Bonchev–Trinajstić information content (AvgIpc) is 2.18. The highest BCUT2D eigenvalue weighted by Gasteiger charge is 2.08. The molecule has 2 N–H and O–H groups in total. The van der Waals surface area contributed by atoms with Crippen molar-refractivity contribution in [2.24, 2.45) is 0 Å². The molecule has 4 nitrogen and oxygen atoms in total. The van der Waals surface area contributed by atoms with Crippen LogP contribution >= 0.6 is 11.6 Å². The first-order valence-corrected chi connectivity index (χ1v) is 4.32. The molecule has 0 saturated carbocycles. The number of hydrogen-bond donors (Lipinski definition) is 2. The zero-order chi connectivity index (χ0) is 11.4. The molecule has 78 valence electrons. The predicted octanol–water partition coefficient (Wildman–Crippen LogP) is 1.87. The van der Waals surface area contributed by atoms with Crippen molar-refractivity contribution in [3.63, 3.8) is 0 Å². The van der Waals surface area contributed by atoms with E-state index in [1.165, 1.54) is 18.2 Å². The number of halogens is 1. The van der Waals surface area contributed by atoms with Gasteiger partial charge in [0, 0.05) is 11.1 Å². The van der Waals surface area contributed by atoms with E-state index in [1.54, 1.807) is 0 Å². The van der Waals surface area contributed by atoms with Crippen molar-refractivity contribution in [2.45, 2.75) is 0 Å². The second-order valence-electron chi connectivity index (χ2n) is 2.70. The molecule has 0 aliphatic heterocycles. The third kappa shape index (κ3) is 3.11. The maximum atomic E-state index is 11.4. The van der Waals surface area contributed by atoms with Crippen LogP contribution in [0.4, 0.5) is 0 Å². The molecule has 0 fully saturated rings. The van der Waals surface area contributed by atoms with Crippen molar-refractivity contribution in [1.29, 1.82) is 0 Å². The molecule has 0 bridgehead atoms. The number of carbonyl (C=O) groups is 2. The molecule has 1 aromatic rings. The lowest BCUT2D eigenvalue weighted by molar-refractivity contribution is -0.131. The fraction of sp³-hybridized carbons (Fsp3) is 0. The number of rotatable bonds is 3. The Morgan fingerprint density at radius 2 is 1.93 bits per heavy atom. The van der Waals surface area contributed by atoms with Crippen LogP contribution in [0.3, 0.4) is 0 Å². The van der Waals surface area contributed by atoms with Crippen LogP contribution in [0.25, 0.3) is 0 Å². The number of aliphatic carboxylic acids is 1. The number of benzene rings is 1. The molecule has 0 atom stereocenters. The van der Waals surface area contributed by atoms with Crippen molar-refractivity contribution in [3.05, 3.63) is 40.9 Å². The number of carboxylic acid groups (broad SMARTS) is 1. The minimum atomic E-state index is -1.23. The molecule has 0 amide bonds. The Bertz CT molecular complexity index is 437. The van der Waals surface area contributed by atoms with Gasteiger partial charge in [-0.05, 0) is 24.3 Å². The van der Waals surface area contributed by atoms with Gasteiger partial charge >= 0.3 is 5.97 Å². The van der Waals surface area contributed by atoms with Gasteiger partial charge in [0.1, 0.15) is 5.75 Å². The molecular formula is C10H7ClO4. The van der Waals surface area contributed by atoms with Crippen LogP contribution in [0.15, 0.2) is 30.4 Å². The number of ketones is 1. The van der Waals surface area contributed by atoms with Crippen LogP contribution in [0, 0.1) is 0 Å². The Morgan fingerprint density at radius 1 is 1.27 bits per heavy atom. The summed E-state index contributed by atoms with van der Waals surface area (Å²) in [4.78, 5) is 21.5. The smallest absolute Gasteiger partial charge is 0.328 e. The van der Waals surface area contributed by atoms with Crippen LogP contribution in [-0.4, -0.2) is 22.0 Å². The van der Waals surface area contributed by atoms with Gasteiger partial charge in [-0.15, -0.1) is 0 Å². The molecule has 0 unspecified atom stereocenters. The predicted molar refractivity (Wildman–Crippen MR) is 54.2 cm³/mol. The summed E-state index contributed by atoms with van der Waals surface area (Å²) in [5, 5.41) is 17.9. The maximum absolute atomic E-state index is 11.4. The number of carbonyl (C=O) groups excluding carboxylic acids is 1. The van der Waals surface area contributed by atoms with Crippen molar-refractivity contribution in [1.82, 2.24) is 0 Å². The van der Waals surface area contributed by atoms with E-state index in [2.05, 4.69) is 0 Å². The monoisotopic (exact) mass is 226 g/mol. The summed E-state index contributed by atoms with van der Waals surface area (Å²) in [6.07, 6.45) is 1.55. The third-order valence-electron chi connectivity index (χ3n) is 1.60. The van der Waals surface area contributed by atoms with Crippen molar-refractivity contribution in [2.75, 3.05) is 0 Å². The molecule has 15 heavy (non-hydrogen) atoms. The summed E-state index contributed by atoms with van der Waals surface area (Å²) in [5.74, 6) is -2.08. The Morgan fingerprint density at radius 3 is 2.53 bits per heavy atom. The van der Waals surface area contributed by atoms with E-state index in [4.69, 9.17) is 16.7 Å². The first kappa shape index (κ1) is 11.3. The topological polar surface area (TPSA) is 74.6 Å². The van der Waals surface area contributed by atoms with E-state index in [1.807, 2.05) is 0 Å². The standard InChI is InChI=1S/C10H7ClO4/c11-6-1-2-8(12)7(5-6)9(13)3-4-10(14)15/h1-5,12H,(H,14,15). The molecule has 0 saturated heterocycles. The number of phenolic OH excluding ortho intramolecular Hbond substituents is 1. The Balaban J connectivity index is 3.01. The molecule has 0 radical (unpaired) electrons. The van der Waals surface area contributed by atoms with Crippen molar-refractivity contribution >= 4 is 23.4 Å². The fourth-order valence-corrected chi connectivity index (χ4v) is 1.11. The van der Waals surface area contributed by atoms with Crippen LogP contribution < -0.4 is 0 Å². The van der Waals surface area contributed by atoms with Gasteiger partial charge in [0.2, 0.25) is 0 Å². The van der Waals surface area contributed by atoms with E-state index in [0.717, 1.165) is 6.08 Å². The second kappa shape index (κ2) is 4.61. The van der Waals surface area contributed by atoms with Gasteiger partial charge in [-0.1, -0.05) is 11.6 Å². The summed E-state index contributed by atoms with van der Waals surface area (Å²) in [7, 11) is 0. The minimum Gasteiger partial charge on any atom is -0.507 e. The van der Waals surface area contributed by atoms with E-state index in [0.29, 0.717) is 11.1 Å². The number of phenols is 1. The van der Waals surface area contributed by atoms with Gasteiger partial charge in [0.05, 0.1) is 5.56 Å². The molecule has 0 aromatic heterocycles. The van der Waals surface area contributed by atoms with Crippen LogP contribution in [0.1, 0.15) is 10.4 Å².